The summed E-state index contributed by atoms with van der Waals surface area (Å²) in [7, 11) is 0. The van der Waals surface area contributed by atoms with Gasteiger partial charge in [0.1, 0.15) is 0 Å². The zero-order valence-corrected chi connectivity index (χ0v) is 7.38. The van der Waals surface area contributed by atoms with Crippen molar-refractivity contribution in [3.8, 4) is 0 Å². The van der Waals surface area contributed by atoms with E-state index in [4.69, 9.17) is 5.11 Å². The van der Waals surface area contributed by atoms with Crippen molar-refractivity contribution in [1.29, 1.82) is 0 Å². The van der Waals surface area contributed by atoms with E-state index in [1.54, 1.807) is 0 Å². The van der Waals surface area contributed by atoms with E-state index in [2.05, 4.69) is 19.2 Å². The minimum absolute atomic E-state index is 0.133. The van der Waals surface area contributed by atoms with Crippen LogP contribution in [0.1, 0.15) is 20.3 Å². The lowest BCUT2D eigenvalue weighted by molar-refractivity contribution is 0.144. The van der Waals surface area contributed by atoms with Crippen LogP contribution < -0.4 is 5.32 Å². The average Bonchev–Trinajstić information content (AvgIpc) is 1.86. The van der Waals surface area contributed by atoms with Crippen molar-refractivity contribution in [1.82, 2.24) is 5.32 Å². The van der Waals surface area contributed by atoms with Crippen LogP contribution in [0.2, 0.25) is 0 Å². The Balaban J connectivity index is 3.15. The summed E-state index contributed by atoms with van der Waals surface area (Å²) >= 11 is 0. The molecule has 0 aromatic rings. The highest BCUT2D eigenvalue weighted by Gasteiger charge is 2.04. The highest BCUT2D eigenvalue weighted by Crippen LogP contribution is 2.02. The van der Waals surface area contributed by atoms with Crippen LogP contribution in [0.15, 0.2) is 0 Å². The molecule has 0 unspecified atom stereocenters. The second-order valence-electron chi connectivity index (χ2n) is 3.21. The molecule has 0 saturated carbocycles. The fourth-order valence-corrected chi connectivity index (χ4v) is 0.975. The third kappa shape index (κ3) is 7.78. The maximum Gasteiger partial charge on any atom is 0.0667 e. The first-order chi connectivity index (χ1) is 5.16. The van der Waals surface area contributed by atoms with E-state index in [-0.39, 0.29) is 12.7 Å². The molecule has 0 aliphatic rings. The molecule has 0 bridgehead atoms. The van der Waals surface area contributed by atoms with E-state index in [1.165, 1.54) is 0 Å². The largest absolute Gasteiger partial charge is 0.395 e. The van der Waals surface area contributed by atoms with Crippen LogP contribution in [0.5, 0.6) is 0 Å². The average molecular weight is 161 g/mol. The molecule has 3 nitrogen and oxygen atoms in total. The molecule has 68 valence electrons. The van der Waals surface area contributed by atoms with Crippen molar-refractivity contribution in [3.05, 3.63) is 0 Å². The predicted molar refractivity (Wildman–Crippen MR) is 45.4 cm³/mol. The molecule has 0 aromatic carbocycles. The van der Waals surface area contributed by atoms with Gasteiger partial charge in [-0.25, -0.2) is 0 Å². The summed E-state index contributed by atoms with van der Waals surface area (Å²) in [4.78, 5) is 0. The fourth-order valence-electron chi connectivity index (χ4n) is 0.975. The summed E-state index contributed by atoms with van der Waals surface area (Å²) in [6, 6.07) is 0. The number of hydrogen-bond acceptors (Lipinski definition) is 3. The quantitative estimate of drug-likeness (QED) is 0.480. The Bertz CT molecular complexity index is 86.2. The Morgan fingerprint density at radius 3 is 2.45 bits per heavy atom. The van der Waals surface area contributed by atoms with Gasteiger partial charge in [-0.15, -0.1) is 0 Å². The van der Waals surface area contributed by atoms with Crippen LogP contribution >= 0.6 is 0 Å². The van der Waals surface area contributed by atoms with E-state index < -0.39 is 0 Å². The maximum atomic E-state index is 9.30. The number of aliphatic hydroxyl groups excluding tert-OH is 2. The molecule has 0 aromatic heterocycles. The first-order valence-corrected chi connectivity index (χ1v) is 4.16. The third-order valence-corrected chi connectivity index (χ3v) is 1.41. The van der Waals surface area contributed by atoms with E-state index in [9.17, 15) is 5.11 Å². The smallest absolute Gasteiger partial charge is 0.0667 e. The van der Waals surface area contributed by atoms with Gasteiger partial charge in [0.05, 0.1) is 12.7 Å². The molecule has 0 aliphatic heterocycles. The minimum atomic E-state index is -0.276. The summed E-state index contributed by atoms with van der Waals surface area (Å²) < 4.78 is 0. The minimum Gasteiger partial charge on any atom is -0.395 e. The molecule has 0 amide bonds. The summed E-state index contributed by atoms with van der Waals surface area (Å²) in [5.74, 6) is 0.529. The lowest BCUT2D eigenvalue weighted by Gasteiger charge is -2.12. The van der Waals surface area contributed by atoms with Gasteiger partial charge in [-0.05, 0) is 12.3 Å². The Hall–Kier alpha value is -0.120. The Morgan fingerprint density at radius 2 is 2.00 bits per heavy atom. The topological polar surface area (TPSA) is 52.5 Å². The Morgan fingerprint density at radius 1 is 1.36 bits per heavy atom. The second kappa shape index (κ2) is 6.58. The van der Waals surface area contributed by atoms with Gasteiger partial charge in [0.15, 0.2) is 0 Å². The lowest BCUT2D eigenvalue weighted by atomic mass is 10.1. The van der Waals surface area contributed by atoms with Crippen LogP contribution in [0, 0.1) is 5.92 Å². The SMILES string of the molecule is CC(C)C[C@H](O)CNCCO. The summed E-state index contributed by atoms with van der Waals surface area (Å²) in [6.07, 6.45) is 0.542. The molecule has 0 fully saturated rings. The van der Waals surface area contributed by atoms with Gasteiger partial charge in [-0.3, -0.25) is 0 Å². The normalized spacial score (nSPS) is 13.9. The zero-order valence-electron chi connectivity index (χ0n) is 7.38. The highest BCUT2D eigenvalue weighted by molar-refractivity contribution is 4.61. The molecular weight excluding hydrogens is 142 g/mol. The molecule has 11 heavy (non-hydrogen) atoms. The second-order valence-corrected chi connectivity index (χ2v) is 3.21. The van der Waals surface area contributed by atoms with Crippen molar-refractivity contribution in [2.24, 2.45) is 5.92 Å². The van der Waals surface area contributed by atoms with Crippen LogP contribution in [-0.2, 0) is 0 Å². The zero-order chi connectivity index (χ0) is 8.69. The third-order valence-electron chi connectivity index (χ3n) is 1.41. The molecule has 3 N–H and O–H groups in total. The monoisotopic (exact) mass is 161 g/mol. The van der Waals surface area contributed by atoms with E-state index in [0.29, 0.717) is 19.0 Å². The van der Waals surface area contributed by atoms with Gasteiger partial charge in [0, 0.05) is 13.1 Å². The van der Waals surface area contributed by atoms with Crippen molar-refractivity contribution >= 4 is 0 Å². The number of nitrogens with one attached hydrogen (secondary N) is 1. The predicted octanol–water partition coefficient (Wildman–Crippen LogP) is -0.0247. The fraction of sp³-hybridized carbons (Fsp3) is 1.00. The number of aliphatic hydroxyl groups is 2. The summed E-state index contributed by atoms with van der Waals surface area (Å²) in [6.45, 7) is 5.44. The highest BCUT2D eigenvalue weighted by atomic mass is 16.3. The number of rotatable bonds is 6. The molecule has 0 aliphatic carbocycles. The molecular formula is C8H19NO2. The lowest BCUT2D eigenvalue weighted by Crippen LogP contribution is -2.29. The van der Waals surface area contributed by atoms with Crippen molar-refractivity contribution < 1.29 is 10.2 Å². The molecule has 3 heteroatoms. The van der Waals surface area contributed by atoms with E-state index >= 15 is 0 Å². The summed E-state index contributed by atoms with van der Waals surface area (Å²) in [5.41, 5.74) is 0. The first-order valence-electron chi connectivity index (χ1n) is 4.16. The van der Waals surface area contributed by atoms with Gasteiger partial charge in [0.25, 0.3) is 0 Å². The van der Waals surface area contributed by atoms with Crippen molar-refractivity contribution in [3.63, 3.8) is 0 Å². The molecule has 0 rings (SSSR count). The molecule has 0 radical (unpaired) electrons. The molecule has 0 saturated heterocycles. The van der Waals surface area contributed by atoms with Crippen LogP contribution in [-0.4, -0.2) is 36.0 Å². The van der Waals surface area contributed by atoms with Gasteiger partial charge in [-0.2, -0.15) is 0 Å². The van der Waals surface area contributed by atoms with Crippen LogP contribution in [0.4, 0.5) is 0 Å². The van der Waals surface area contributed by atoms with Crippen molar-refractivity contribution in [2.75, 3.05) is 19.7 Å². The summed E-state index contributed by atoms with van der Waals surface area (Å²) in [5, 5.41) is 20.7. The van der Waals surface area contributed by atoms with Gasteiger partial charge in [-0.1, -0.05) is 13.8 Å². The Kier molecular flexibility index (Phi) is 6.51. The van der Waals surface area contributed by atoms with Gasteiger partial charge < -0.3 is 15.5 Å². The van der Waals surface area contributed by atoms with Crippen molar-refractivity contribution in [2.45, 2.75) is 26.4 Å². The van der Waals surface area contributed by atoms with E-state index in [1.807, 2.05) is 0 Å². The molecule has 0 heterocycles. The standard InChI is InChI=1S/C8H19NO2/c1-7(2)5-8(11)6-9-3-4-10/h7-11H,3-6H2,1-2H3/t8-/m0/s1. The first kappa shape index (κ1) is 10.9. The Labute approximate surface area is 68.4 Å². The molecule has 1 atom stereocenters. The van der Waals surface area contributed by atoms with Crippen LogP contribution in [0.3, 0.4) is 0 Å². The molecule has 0 spiro atoms. The van der Waals surface area contributed by atoms with Gasteiger partial charge in [0.2, 0.25) is 0 Å². The van der Waals surface area contributed by atoms with Gasteiger partial charge >= 0.3 is 0 Å². The van der Waals surface area contributed by atoms with Crippen LogP contribution in [0.25, 0.3) is 0 Å². The van der Waals surface area contributed by atoms with E-state index in [0.717, 1.165) is 6.42 Å². The number of hydrogen-bond donors (Lipinski definition) is 3. The maximum absolute atomic E-state index is 9.30.